The van der Waals surface area contributed by atoms with Gasteiger partial charge in [-0.05, 0) is 73.7 Å². The molecule has 2 N–H and O–H groups in total. The molecule has 35 heavy (non-hydrogen) atoms. The lowest BCUT2D eigenvalue weighted by atomic mass is 10.2. The number of rotatable bonds is 8. The lowest BCUT2D eigenvalue weighted by Crippen LogP contribution is -2.22. The molecule has 0 radical (unpaired) electrons. The van der Waals surface area contributed by atoms with Gasteiger partial charge in [0.15, 0.2) is 5.13 Å². The van der Waals surface area contributed by atoms with E-state index < -0.39 is 11.1 Å². The molecule has 4 rings (SSSR count). The number of carbonyl (C=O) groups is 2. The lowest BCUT2D eigenvalue weighted by molar-refractivity contribution is -0.115. The summed E-state index contributed by atoms with van der Waals surface area (Å²) in [6, 6.07) is 20.1. The highest BCUT2D eigenvalue weighted by molar-refractivity contribution is 8.00. The van der Waals surface area contributed by atoms with Gasteiger partial charge in [-0.15, -0.1) is 23.1 Å². The summed E-state index contributed by atoms with van der Waals surface area (Å²) in [4.78, 5) is 30.5. The highest BCUT2D eigenvalue weighted by Crippen LogP contribution is 2.29. The number of aromatic nitrogens is 1. The second-order valence-corrected chi connectivity index (χ2v) is 9.78. The van der Waals surface area contributed by atoms with E-state index in [0.717, 1.165) is 21.9 Å². The zero-order chi connectivity index (χ0) is 24.8. The standard InChI is InChI=1S/C26H22FN3O3S2/c1-16(24(31)30-26-29-23(15-34-26)17-8-12-21(33-2)13-9-17)35-22-5-3-4-20(14-22)28-25(32)18-6-10-19(27)11-7-18/h3-16H,1-2H3,(H,28,32)(H,29,30,31). The highest BCUT2D eigenvalue weighted by atomic mass is 32.2. The first-order chi connectivity index (χ1) is 16.9. The number of halogens is 1. The van der Waals surface area contributed by atoms with Crippen LogP contribution < -0.4 is 15.4 Å². The molecule has 2 amide bonds. The van der Waals surface area contributed by atoms with Crippen LogP contribution in [0.4, 0.5) is 15.2 Å². The van der Waals surface area contributed by atoms with Crippen molar-refractivity contribution < 1.29 is 18.7 Å². The molecule has 0 aliphatic heterocycles. The molecular formula is C26H22FN3O3S2. The van der Waals surface area contributed by atoms with Crippen LogP contribution in [0.2, 0.25) is 0 Å². The van der Waals surface area contributed by atoms with Crippen molar-refractivity contribution in [1.82, 2.24) is 4.98 Å². The predicted octanol–water partition coefficient (Wildman–Crippen LogP) is 6.33. The molecule has 1 unspecified atom stereocenters. The number of nitrogens with one attached hydrogen (secondary N) is 2. The molecule has 0 bridgehead atoms. The maximum Gasteiger partial charge on any atom is 0.255 e. The summed E-state index contributed by atoms with van der Waals surface area (Å²) >= 11 is 2.73. The SMILES string of the molecule is COc1ccc(-c2csc(NC(=O)C(C)Sc3cccc(NC(=O)c4ccc(F)cc4)c3)n2)cc1. The molecule has 1 aromatic heterocycles. The van der Waals surface area contributed by atoms with E-state index in [1.165, 1.54) is 47.4 Å². The summed E-state index contributed by atoms with van der Waals surface area (Å²) in [6.45, 7) is 1.81. The van der Waals surface area contributed by atoms with E-state index in [1.807, 2.05) is 42.6 Å². The van der Waals surface area contributed by atoms with Crippen LogP contribution in [0.3, 0.4) is 0 Å². The van der Waals surface area contributed by atoms with Crippen LogP contribution in [0.25, 0.3) is 11.3 Å². The van der Waals surface area contributed by atoms with Crippen molar-refractivity contribution >= 4 is 45.7 Å². The van der Waals surface area contributed by atoms with Gasteiger partial charge in [-0.3, -0.25) is 9.59 Å². The van der Waals surface area contributed by atoms with Gasteiger partial charge in [-0.1, -0.05) is 6.07 Å². The first kappa shape index (κ1) is 24.4. The predicted molar refractivity (Wildman–Crippen MR) is 139 cm³/mol. The van der Waals surface area contributed by atoms with Crippen LogP contribution in [0, 0.1) is 5.82 Å². The molecule has 178 valence electrons. The van der Waals surface area contributed by atoms with Gasteiger partial charge in [0.05, 0.1) is 18.1 Å². The topological polar surface area (TPSA) is 80.3 Å². The van der Waals surface area contributed by atoms with Gasteiger partial charge in [-0.25, -0.2) is 9.37 Å². The normalized spacial score (nSPS) is 11.5. The molecule has 0 aliphatic carbocycles. The van der Waals surface area contributed by atoms with Crippen molar-refractivity contribution in [3.63, 3.8) is 0 Å². The van der Waals surface area contributed by atoms with E-state index in [1.54, 1.807) is 25.3 Å². The number of benzene rings is 3. The summed E-state index contributed by atoms with van der Waals surface area (Å²) in [7, 11) is 1.62. The van der Waals surface area contributed by atoms with Gasteiger partial charge in [-0.2, -0.15) is 0 Å². The van der Waals surface area contributed by atoms with Crippen molar-refractivity contribution in [2.45, 2.75) is 17.1 Å². The maximum atomic E-state index is 13.1. The first-order valence-electron chi connectivity index (χ1n) is 10.7. The van der Waals surface area contributed by atoms with Gasteiger partial charge in [0, 0.05) is 27.1 Å². The third kappa shape index (κ3) is 6.46. The average molecular weight is 508 g/mol. The second kappa shape index (κ2) is 11.2. The fraction of sp³-hybridized carbons (Fsp3) is 0.115. The average Bonchev–Trinajstić information content (AvgIpc) is 3.33. The van der Waals surface area contributed by atoms with Gasteiger partial charge in [0.25, 0.3) is 5.91 Å². The first-order valence-corrected chi connectivity index (χ1v) is 12.4. The van der Waals surface area contributed by atoms with Crippen LogP contribution in [0.1, 0.15) is 17.3 Å². The molecule has 4 aromatic rings. The number of thiazole rings is 1. The molecule has 0 spiro atoms. The zero-order valence-corrected chi connectivity index (χ0v) is 20.6. The number of hydrogen-bond acceptors (Lipinski definition) is 6. The Morgan fingerprint density at radius 3 is 2.49 bits per heavy atom. The molecule has 9 heteroatoms. The number of nitrogens with zero attached hydrogens (tertiary/aromatic N) is 1. The Morgan fingerprint density at radius 1 is 1.03 bits per heavy atom. The Hall–Kier alpha value is -3.69. The Balaban J connectivity index is 1.35. The highest BCUT2D eigenvalue weighted by Gasteiger charge is 2.17. The van der Waals surface area contributed by atoms with Crippen LogP contribution in [0.5, 0.6) is 5.75 Å². The van der Waals surface area contributed by atoms with E-state index in [-0.39, 0.29) is 11.8 Å². The minimum absolute atomic E-state index is 0.175. The number of thioether (sulfide) groups is 1. The van der Waals surface area contributed by atoms with E-state index >= 15 is 0 Å². The fourth-order valence-corrected chi connectivity index (χ4v) is 4.79. The molecule has 0 fully saturated rings. The monoisotopic (exact) mass is 507 g/mol. The van der Waals surface area contributed by atoms with Gasteiger partial charge >= 0.3 is 0 Å². The number of ether oxygens (including phenoxy) is 1. The summed E-state index contributed by atoms with van der Waals surface area (Å²) < 4.78 is 18.3. The quantitative estimate of drug-likeness (QED) is 0.273. The Labute approximate surface area is 210 Å². The smallest absolute Gasteiger partial charge is 0.255 e. The van der Waals surface area contributed by atoms with Crippen LogP contribution in [0.15, 0.2) is 83.1 Å². The summed E-state index contributed by atoms with van der Waals surface area (Å²) in [5.41, 5.74) is 2.65. The number of hydrogen-bond donors (Lipinski definition) is 2. The summed E-state index contributed by atoms with van der Waals surface area (Å²) in [6.07, 6.45) is 0. The fourth-order valence-electron chi connectivity index (χ4n) is 3.14. The van der Waals surface area contributed by atoms with E-state index in [9.17, 15) is 14.0 Å². The third-order valence-corrected chi connectivity index (χ3v) is 6.85. The summed E-state index contributed by atoms with van der Waals surface area (Å²) in [5, 5.41) is 7.68. The lowest BCUT2D eigenvalue weighted by Gasteiger charge is -2.12. The molecule has 6 nitrogen and oxygen atoms in total. The Bertz CT molecular complexity index is 1320. The van der Waals surface area contributed by atoms with E-state index in [4.69, 9.17) is 4.74 Å². The van der Waals surface area contributed by atoms with Crippen LogP contribution in [-0.2, 0) is 4.79 Å². The minimum atomic E-state index is -0.401. The van der Waals surface area contributed by atoms with E-state index in [0.29, 0.717) is 16.4 Å². The number of carbonyl (C=O) groups excluding carboxylic acids is 2. The van der Waals surface area contributed by atoms with Gasteiger partial charge in [0.1, 0.15) is 11.6 Å². The Kier molecular flexibility index (Phi) is 7.79. The van der Waals surface area contributed by atoms with Crippen molar-refractivity contribution in [2.24, 2.45) is 0 Å². The zero-order valence-electron chi connectivity index (χ0n) is 18.9. The molecule has 1 atom stereocenters. The number of anilines is 2. The molecule has 1 heterocycles. The minimum Gasteiger partial charge on any atom is -0.497 e. The van der Waals surface area contributed by atoms with E-state index in [2.05, 4.69) is 15.6 Å². The van der Waals surface area contributed by atoms with Gasteiger partial charge in [0.2, 0.25) is 5.91 Å². The molecule has 0 aliphatic rings. The number of amides is 2. The van der Waals surface area contributed by atoms with Crippen molar-refractivity contribution in [3.8, 4) is 17.0 Å². The summed E-state index contributed by atoms with van der Waals surface area (Å²) in [5.74, 6) is -0.148. The second-order valence-electron chi connectivity index (χ2n) is 7.50. The van der Waals surface area contributed by atoms with Crippen LogP contribution >= 0.6 is 23.1 Å². The molecule has 0 saturated heterocycles. The molecular weight excluding hydrogens is 485 g/mol. The van der Waals surface area contributed by atoms with Crippen LogP contribution in [-0.4, -0.2) is 29.2 Å². The maximum absolute atomic E-state index is 13.1. The van der Waals surface area contributed by atoms with Crippen molar-refractivity contribution in [2.75, 3.05) is 17.7 Å². The third-order valence-electron chi connectivity index (χ3n) is 5.00. The molecule has 0 saturated carbocycles. The van der Waals surface area contributed by atoms with Crippen molar-refractivity contribution in [3.05, 3.63) is 89.6 Å². The largest absolute Gasteiger partial charge is 0.497 e. The van der Waals surface area contributed by atoms with Crippen molar-refractivity contribution in [1.29, 1.82) is 0 Å². The van der Waals surface area contributed by atoms with Gasteiger partial charge < -0.3 is 15.4 Å². The Morgan fingerprint density at radius 2 is 1.77 bits per heavy atom. The number of methoxy groups -OCH3 is 1. The molecule has 3 aromatic carbocycles.